The normalized spacial score (nSPS) is 30.8. The Morgan fingerprint density at radius 3 is 2.93 bits per heavy atom. The standard InChI is InChI=1S/C22H26N4O/c1-26-12-18-19(13-26)22(14-27,25-21(18)15-5-4-8-23-10-15)9-16-11-24-20-7-3-2-6-17(16)20/h2-8,10-11,18-19,21,24-25,27H,9,12-14H2,1H3/t18-,19+,21-,22+/m0/s1. The number of nitrogens with zero attached hydrogens (tertiary/aromatic N) is 2. The van der Waals surface area contributed by atoms with Gasteiger partial charge in [0.15, 0.2) is 0 Å². The highest BCUT2D eigenvalue weighted by Gasteiger charge is 2.56. The van der Waals surface area contributed by atoms with E-state index < -0.39 is 0 Å². The topological polar surface area (TPSA) is 64.2 Å². The van der Waals surface area contributed by atoms with Crippen molar-refractivity contribution in [1.29, 1.82) is 0 Å². The Morgan fingerprint density at radius 2 is 2.11 bits per heavy atom. The number of aliphatic hydroxyl groups excluding tert-OH is 1. The van der Waals surface area contributed by atoms with Crippen molar-refractivity contribution in [2.45, 2.75) is 18.0 Å². The second-order valence-corrected chi connectivity index (χ2v) is 8.25. The summed E-state index contributed by atoms with van der Waals surface area (Å²) in [5.74, 6) is 0.892. The molecule has 0 bridgehead atoms. The van der Waals surface area contributed by atoms with E-state index in [4.69, 9.17) is 0 Å². The van der Waals surface area contributed by atoms with Crippen LogP contribution in [0.5, 0.6) is 0 Å². The number of fused-ring (bicyclic) bond motifs is 2. The lowest BCUT2D eigenvalue weighted by Gasteiger charge is -2.34. The van der Waals surface area contributed by atoms with Crippen molar-refractivity contribution in [1.82, 2.24) is 20.2 Å². The molecule has 3 N–H and O–H groups in total. The largest absolute Gasteiger partial charge is 0.394 e. The van der Waals surface area contributed by atoms with Crippen LogP contribution in [0.15, 0.2) is 55.0 Å². The second-order valence-electron chi connectivity index (χ2n) is 8.25. The van der Waals surface area contributed by atoms with Gasteiger partial charge in [0.25, 0.3) is 0 Å². The van der Waals surface area contributed by atoms with Crippen molar-refractivity contribution in [2.75, 3.05) is 26.7 Å². The van der Waals surface area contributed by atoms with E-state index in [-0.39, 0.29) is 18.2 Å². The highest BCUT2D eigenvalue weighted by atomic mass is 16.3. The first-order valence-electron chi connectivity index (χ1n) is 9.72. The van der Waals surface area contributed by atoms with Gasteiger partial charge in [-0.2, -0.15) is 0 Å². The molecule has 0 unspecified atom stereocenters. The molecule has 1 aromatic carbocycles. The number of pyridine rings is 1. The third-order valence-corrected chi connectivity index (χ3v) is 6.64. The molecule has 4 atom stereocenters. The van der Waals surface area contributed by atoms with Gasteiger partial charge >= 0.3 is 0 Å². The summed E-state index contributed by atoms with van der Waals surface area (Å²) in [4.78, 5) is 10.1. The number of H-pyrrole nitrogens is 1. The Morgan fingerprint density at radius 1 is 1.22 bits per heavy atom. The molecule has 4 heterocycles. The number of nitrogens with one attached hydrogen (secondary N) is 2. The molecule has 3 aromatic rings. The van der Waals surface area contributed by atoms with Crippen LogP contribution < -0.4 is 5.32 Å². The van der Waals surface area contributed by atoms with E-state index in [9.17, 15) is 5.11 Å². The molecule has 5 rings (SSSR count). The lowest BCUT2D eigenvalue weighted by atomic mass is 9.77. The Balaban J connectivity index is 1.54. The van der Waals surface area contributed by atoms with Gasteiger partial charge in [0.05, 0.1) is 12.1 Å². The number of aliphatic hydroxyl groups is 1. The molecule has 0 radical (unpaired) electrons. The van der Waals surface area contributed by atoms with Crippen LogP contribution in [0.2, 0.25) is 0 Å². The van der Waals surface area contributed by atoms with E-state index in [2.05, 4.69) is 63.8 Å². The monoisotopic (exact) mass is 362 g/mol. The maximum atomic E-state index is 10.6. The molecule has 5 nitrogen and oxygen atoms in total. The fraction of sp³-hybridized carbons (Fsp3) is 0.409. The number of hydrogen-bond donors (Lipinski definition) is 3. The summed E-state index contributed by atoms with van der Waals surface area (Å²) < 4.78 is 0. The van der Waals surface area contributed by atoms with E-state index in [1.165, 1.54) is 16.5 Å². The van der Waals surface area contributed by atoms with Crippen molar-refractivity contribution >= 4 is 10.9 Å². The molecule has 0 amide bonds. The van der Waals surface area contributed by atoms with E-state index in [0.29, 0.717) is 11.8 Å². The van der Waals surface area contributed by atoms with Gasteiger partial charge in [-0.25, -0.2) is 0 Å². The molecule has 140 valence electrons. The first kappa shape index (κ1) is 16.9. The van der Waals surface area contributed by atoms with Crippen molar-refractivity contribution in [3.8, 4) is 0 Å². The van der Waals surface area contributed by atoms with Crippen LogP contribution in [0.3, 0.4) is 0 Å². The van der Waals surface area contributed by atoms with Crippen LogP contribution in [0.1, 0.15) is 17.2 Å². The van der Waals surface area contributed by atoms with Gasteiger partial charge in [-0.3, -0.25) is 4.98 Å². The van der Waals surface area contributed by atoms with E-state index >= 15 is 0 Å². The fourth-order valence-electron chi connectivity index (χ4n) is 5.39. The van der Waals surface area contributed by atoms with Crippen LogP contribution in [0.4, 0.5) is 0 Å². The number of aromatic amines is 1. The zero-order valence-electron chi connectivity index (χ0n) is 15.6. The van der Waals surface area contributed by atoms with E-state index in [0.717, 1.165) is 25.0 Å². The number of benzene rings is 1. The Kier molecular flexibility index (Phi) is 4.04. The maximum Gasteiger partial charge on any atom is 0.0620 e. The third kappa shape index (κ3) is 2.69. The quantitative estimate of drug-likeness (QED) is 0.667. The van der Waals surface area contributed by atoms with Crippen LogP contribution >= 0.6 is 0 Å². The molecule has 27 heavy (non-hydrogen) atoms. The minimum absolute atomic E-state index is 0.137. The molecule has 0 spiro atoms. The smallest absolute Gasteiger partial charge is 0.0620 e. The lowest BCUT2D eigenvalue weighted by Crippen LogP contribution is -2.52. The molecule has 0 aliphatic carbocycles. The number of para-hydroxylation sites is 1. The summed E-state index contributed by atoms with van der Waals surface area (Å²) in [6, 6.07) is 12.8. The van der Waals surface area contributed by atoms with Crippen LogP contribution in [0, 0.1) is 11.8 Å². The molecular weight excluding hydrogens is 336 g/mol. The minimum atomic E-state index is -0.319. The Bertz CT molecular complexity index is 940. The highest BCUT2D eigenvalue weighted by molar-refractivity contribution is 5.83. The van der Waals surface area contributed by atoms with Crippen molar-refractivity contribution in [2.24, 2.45) is 11.8 Å². The molecular formula is C22H26N4O. The highest BCUT2D eigenvalue weighted by Crippen LogP contribution is 2.48. The van der Waals surface area contributed by atoms with Crippen LogP contribution in [-0.4, -0.2) is 52.3 Å². The predicted octanol–water partition coefficient (Wildman–Crippen LogP) is 2.36. The average molecular weight is 362 g/mol. The van der Waals surface area contributed by atoms with Gasteiger partial charge in [-0.1, -0.05) is 24.3 Å². The average Bonchev–Trinajstić information content (AvgIpc) is 3.37. The van der Waals surface area contributed by atoms with Gasteiger partial charge in [-0.05, 0) is 48.6 Å². The van der Waals surface area contributed by atoms with Crippen molar-refractivity contribution in [3.05, 3.63) is 66.1 Å². The molecule has 2 saturated heterocycles. The van der Waals surface area contributed by atoms with E-state index in [1.54, 1.807) is 0 Å². The Hall–Kier alpha value is -2.21. The third-order valence-electron chi connectivity index (χ3n) is 6.64. The first-order chi connectivity index (χ1) is 13.2. The van der Waals surface area contributed by atoms with Gasteiger partial charge in [0.1, 0.15) is 0 Å². The molecule has 2 aliphatic heterocycles. The zero-order valence-corrected chi connectivity index (χ0v) is 15.6. The molecule has 0 saturated carbocycles. The molecule has 5 heteroatoms. The fourth-order valence-corrected chi connectivity index (χ4v) is 5.39. The van der Waals surface area contributed by atoms with Gasteiger partial charge in [0, 0.05) is 48.6 Å². The summed E-state index contributed by atoms with van der Waals surface area (Å²) >= 11 is 0. The van der Waals surface area contributed by atoms with Gasteiger partial charge < -0.3 is 20.3 Å². The Labute approximate surface area is 159 Å². The summed E-state index contributed by atoms with van der Waals surface area (Å²) in [5, 5.41) is 15.7. The molecule has 2 aromatic heterocycles. The second kappa shape index (κ2) is 6.44. The minimum Gasteiger partial charge on any atom is -0.394 e. The maximum absolute atomic E-state index is 10.6. The SMILES string of the molecule is CN1C[C@H]2[C@@H](C1)[C@](CO)(Cc1c[nH]c3ccccc13)N[C@H]2c1cccnc1. The number of likely N-dealkylation sites (tertiary alicyclic amines) is 1. The predicted molar refractivity (Wildman–Crippen MR) is 106 cm³/mol. The van der Waals surface area contributed by atoms with Crippen molar-refractivity contribution in [3.63, 3.8) is 0 Å². The van der Waals surface area contributed by atoms with Crippen LogP contribution in [-0.2, 0) is 6.42 Å². The van der Waals surface area contributed by atoms with Crippen LogP contribution in [0.25, 0.3) is 10.9 Å². The summed E-state index contributed by atoms with van der Waals surface area (Å²) in [6.07, 6.45) is 6.71. The first-order valence-corrected chi connectivity index (χ1v) is 9.72. The summed E-state index contributed by atoms with van der Waals surface area (Å²) in [6.45, 7) is 2.20. The molecule has 2 fully saturated rings. The van der Waals surface area contributed by atoms with Gasteiger partial charge in [0.2, 0.25) is 0 Å². The van der Waals surface area contributed by atoms with Gasteiger partial charge in [-0.15, -0.1) is 0 Å². The number of hydrogen-bond acceptors (Lipinski definition) is 4. The number of rotatable bonds is 4. The number of aromatic nitrogens is 2. The van der Waals surface area contributed by atoms with E-state index in [1.807, 2.05) is 18.5 Å². The summed E-state index contributed by atoms with van der Waals surface area (Å²) in [5.41, 5.74) is 3.33. The zero-order chi connectivity index (χ0) is 18.4. The molecule has 2 aliphatic rings. The lowest BCUT2D eigenvalue weighted by molar-refractivity contribution is 0.129. The van der Waals surface area contributed by atoms with Crippen molar-refractivity contribution < 1.29 is 5.11 Å². The summed E-state index contributed by atoms with van der Waals surface area (Å²) in [7, 11) is 2.19.